The second kappa shape index (κ2) is 7.74. The first-order chi connectivity index (χ1) is 13.8. The van der Waals surface area contributed by atoms with Crippen LogP contribution in [0.15, 0.2) is 91.0 Å². The second-order valence-corrected chi connectivity index (χ2v) is 13.4. The Morgan fingerprint density at radius 1 is 0.679 bits per heavy atom. The Bertz CT molecular complexity index is 869. The van der Waals surface area contributed by atoms with Crippen LogP contribution in [0, 0.1) is 11.8 Å². The Hall–Kier alpha value is -1.48. The zero-order valence-electron chi connectivity index (χ0n) is 16.6. The van der Waals surface area contributed by atoms with Gasteiger partial charge >= 0.3 is 0 Å². The van der Waals surface area contributed by atoms with E-state index in [9.17, 15) is 0 Å². The maximum atomic E-state index is 2.54. The quantitative estimate of drug-likeness (QED) is 0.490. The van der Waals surface area contributed by atoms with Crippen LogP contribution in [-0.4, -0.2) is 17.0 Å². The molecule has 0 aliphatic carbocycles. The van der Waals surface area contributed by atoms with E-state index >= 15 is 0 Å². The fourth-order valence-electron chi connectivity index (χ4n) is 5.57. The molecule has 142 valence electrons. The van der Waals surface area contributed by atoms with E-state index in [0.717, 1.165) is 28.8 Å². The predicted molar refractivity (Wildman–Crippen MR) is 126 cm³/mol. The van der Waals surface area contributed by atoms with Crippen molar-refractivity contribution in [2.45, 2.75) is 37.2 Å². The lowest BCUT2D eigenvalue weighted by Crippen LogP contribution is -2.36. The lowest BCUT2D eigenvalue weighted by Gasteiger charge is -2.37. The minimum Gasteiger partial charge on any atom is -0.0677 e. The van der Waals surface area contributed by atoms with Crippen LogP contribution in [0.5, 0.6) is 0 Å². The van der Waals surface area contributed by atoms with Crippen LogP contribution in [0.1, 0.15) is 20.3 Å². The zero-order chi connectivity index (χ0) is 19.1. The van der Waals surface area contributed by atoms with Crippen LogP contribution in [0.25, 0.3) is 0 Å². The summed E-state index contributed by atoms with van der Waals surface area (Å²) >= 11 is 0. The summed E-state index contributed by atoms with van der Waals surface area (Å²) in [5, 5.41) is 4.76. The number of benzene rings is 3. The molecule has 0 saturated carbocycles. The number of rotatable bonds is 4. The van der Waals surface area contributed by atoms with E-state index in [2.05, 4.69) is 105 Å². The molecule has 3 aromatic rings. The molecule has 2 heteroatoms. The first-order valence-electron chi connectivity index (χ1n) is 10.5. The van der Waals surface area contributed by atoms with E-state index in [-0.39, 0.29) is 15.8 Å². The molecule has 0 radical (unpaired) electrons. The highest BCUT2D eigenvalue weighted by Gasteiger charge is 2.57. The third kappa shape index (κ3) is 3.07. The van der Waals surface area contributed by atoms with Gasteiger partial charge in [0.1, 0.15) is 0 Å². The number of hydrogen-bond donors (Lipinski definition) is 0. The number of hydrogen-bond acceptors (Lipinski definition) is 0. The van der Waals surface area contributed by atoms with Crippen LogP contribution < -0.4 is 15.9 Å². The molecule has 0 aromatic heterocycles. The highest BCUT2D eigenvalue weighted by atomic mass is 31.1. The molecule has 2 aliphatic rings. The third-order valence-corrected chi connectivity index (χ3v) is 13.9. The van der Waals surface area contributed by atoms with Crippen molar-refractivity contribution in [3.63, 3.8) is 0 Å². The molecule has 2 saturated heterocycles. The smallest absolute Gasteiger partial charge is 0.00491 e. The summed E-state index contributed by atoms with van der Waals surface area (Å²) in [5.74, 6) is 1.68. The average molecular weight is 402 g/mol. The molecule has 0 spiro atoms. The van der Waals surface area contributed by atoms with Crippen molar-refractivity contribution in [2.75, 3.05) is 0 Å². The lowest BCUT2D eigenvalue weighted by molar-refractivity contribution is 0.334. The summed E-state index contributed by atoms with van der Waals surface area (Å²) in [6.45, 7) is 5.07. The molecule has 2 heterocycles. The molecular weight excluding hydrogens is 374 g/mol. The SMILES string of the molecule is CC1C(C)[C@H]2[C@H](P(c3ccccc3)c3ccccc3)C[C@@H]1P2c1ccccc1. The van der Waals surface area contributed by atoms with Gasteiger partial charge in [0.25, 0.3) is 0 Å². The zero-order valence-corrected chi connectivity index (χ0v) is 18.4. The Labute approximate surface area is 171 Å². The molecular formula is C26H28P2. The fraction of sp³-hybridized carbons (Fsp3) is 0.308. The molecule has 2 fully saturated rings. The Morgan fingerprint density at radius 3 is 1.71 bits per heavy atom. The van der Waals surface area contributed by atoms with Gasteiger partial charge in [-0.2, -0.15) is 0 Å². The Morgan fingerprint density at radius 2 is 1.18 bits per heavy atom. The van der Waals surface area contributed by atoms with Crippen LogP contribution in [0.3, 0.4) is 0 Å². The van der Waals surface area contributed by atoms with Gasteiger partial charge in [-0.15, -0.1) is 0 Å². The van der Waals surface area contributed by atoms with E-state index < -0.39 is 0 Å². The van der Waals surface area contributed by atoms with Crippen molar-refractivity contribution >= 4 is 31.8 Å². The molecule has 28 heavy (non-hydrogen) atoms. The molecule has 5 rings (SSSR count). The van der Waals surface area contributed by atoms with Crippen LogP contribution >= 0.6 is 15.8 Å². The minimum atomic E-state index is -0.313. The molecule has 0 nitrogen and oxygen atoms in total. The lowest BCUT2D eigenvalue weighted by atomic mass is 9.81. The third-order valence-electron chi connectivity index (χ3n) is 6.99. The highest BCUT2D eigenvalue weighted by Crippen LogP contribution is 2.72. The van der Waals surface area contributed by atoms with Crippen LogP contribution in [0.4, 0.5) is 0 Å². The topological polar surface area (TPSA) is 0 Å². The molecule has 2 bridgehead atoms. The largest absolute Gasteiger partial charge is 0.0677 e. The van der Waals surface area contributed by atoms with Gasteiger partial charge in [-0.25, -0.2) is 0 Å². The summed E-state index contributed by atoms with van der Waals surface area (Å²) in [6, 6.07) is 34.2. The maximum absolute atomic E-state index is 2.54. The van der Waals surface area contributed by atoms with Crippen LogP contribution in [-0.2, 0) is 0 Å². The molecule has 3 aromatic carbocycles. The fourth-order valence-corrected chi connectivity index (χ4v) is 13.8. The highest BCUT2D eigenvalue weighted by molar-refractivity contribution is 7.76. The predicted octanol–water partition coefficient (Wildman–Crippen LogP) is 5.72. The van der Waals surface area contributed by atoms with Crippen molar-refractivity contribution in [1.82, 2.24) is 0 Å². The van der Waals surface area contributed by atoms with E-state index in [0.29, 0.717) is 0 Å². The first kappa shape index (κ1) is 18.5. The van der Waals surface area contributed by atoms with Gasteiger partial charge in [0.05, 0.1) is 0 Å². The monoisotopic (exact) mass is 402 g/mol. The van der Waals surface area contributed by atoms with Gasteiger partial charge in [0, 0.05) is 0 Å². The molecule has 3 unspecified atom stereocenters. The van der Waals surface area contributed by atoms with Gasteiger partial charge < -0.3 is 0 Å². The van der Waals surface area contributed by atoms with Crippen molar-refractivity contribution in [2.24, 2.45) is 11.8 Å². The summed E-state index contributed by atoms with van der Waals surface area (Å²) in [5.41, 5.74) is 2.55. The first-order valence-corrected chi connectivity index (χ1v) is 13.4. The minimum absolute atomic E-state index is 0.0665. The Balaban J connectivity index is 1.59. The summed E-state index contributed by atoms with van der Waals surface area (Å²) in [4.78, 5) is 0. The Kier molecular flexibility index (Phi) is 5.13. The summed E-state index contributed by atoms with van der Waals surface area (Å²) in [6.07, 6.45) is 1.41. The molecule has 2 aliphatic heterocycles. The van der Waals surface area contributed by atoms with E-state index in [1.165, 1.54) is 6.42 Å². The molecule has 0 amide bonds. The van der Waals surface area contributed by atoms with Crippen LogP contribution in [0.2, 0.25) is 0 Å². The summed E-state index contributed by atoms with van der Waals surface area (Å²) < 4.78 is 0. The van der Waals surface area contributed by atoms with Crippen molar-refractivity contribution in [3.05, 3.63) is 91.0 Å². The van der Waals surface area contributed by atoms with Gasteiger partial charge in [0.15, 0.2) is 0 Å². The van der Waals surface area contributed by atoms with Gasteiger partial charge in [-0.05, 0) is 59.1 Å². The van der Waals surface area contributed by atoms with Crippen molar-refractivity contribution in [3.8, 4) is 0 Å². The molecule has 6 atom stereocenters. The van der Waals surface area contributed by atoms with Gasteiger partial charge in [-0.3, -0.25) is 0 Å². The number of fused-ring (bicyclic) bond motifs is 2. The normalized spacial score (nSPS) is 31.4. The van der Waals surface area contributed by atoms with Gasteiger partial charge in [-0.1, -0.05) is 113 Å². The standard InChI is InChI=1S/C26H28P2/c1-19-20(2)26-25(18-24(19)28(26)23-16-10-5-11-17-23)27(21-12-6-3-7-13-21)22-14-8-4-9-15-22/h3-17,19-20,24-26H,18H2,1-2H3/t19?,20?,24-,25+,26-,28?/m0/s1. The van der Waals surface area contributed by atoms with Crippen molar-refractivity contribution < 1.29 is 0 Å². The van der Waals surface area contributed by atoms with E-state index in [1.807, 2.05) is 0 Å². The van der Waals surface area contributed by atoms with Crippen molar-refractivity contribution in [1.29, 1.82) is 0 Å². The molecule has 0 N–H and O–H groups in total. The average Bonchev–Trinajstić information content (AvgIpc) is 3.25. The van der Waals surface area contributed by atoms with E-state index in [1.54, 1.807) is 15.9 Å². The maximum Gasteiger partial charge on any atom is -0.00491 e. The summed E-state index contributed by atoms with van der Waals surface area (Å²) in [7, 11) is -0.380. The van der Waals surface area contributed by atoms with E-state index in [4.69, 9.17) is 0 Å². The van der Waals surface area contributed by atoms with Gasteiger partial charge in [0.2, 0.25) is 0 Å². The second-order valence-electron chi connectivity index (χ2n) is 8.36.